The molecule has 2 rings (SSSR count). The largest absolute Gasteiger partial charge is 0.508 e. The monoisotopic (exact) mass is 369 g/mol. The lowest BCUT2D eigenvalue weighted by atomic mass is 10.1. The first kappa shape index (κ1) is 20.0. The maximum atomic E-state index is 12.2. The zero-order valence-electron chi connectivity index (χ0n) is 15.6. The zero-order valence-corrected chi connectivity index (χ0v) is 15.6. The van der Waals surface area contributed by atoms with E-state index in [1.165, 1.54) is 36.2 Å². The van der Waals surface area contributed by atoms with Gasteiger partial charge < -0.3 is 20.6 Å². The van der Waals surface area contributed by atoms with E-state index in [0.717, 1.165) is 16.8 Å². The summed E-state index contributed by atoms with van der Waals surface area (Å²) in [5, 5.41) is 14.5. The SMILES string of the molecule is Cc1cccc(C)c1NC(=O)CN(C)C(=O)CNC(=O)c1ccc(O)cc1. The molecule has 0 atom stereocenters. The summed E-state index contributed by atoms with van der Waals surface area (Å²) in [6.45, 7) is 3.45. The van der Waals surface area contributed by atoms with E-state index in [4.69, 9.17) is 0 Å². The summed E-state index contributed by atoms with van der Waals surface area (Å²) in [5.74, 6) is -1.08. The first-order chi connectivity index (χ1) is 12.8. The molecule has 0 heterocycles. The Morgan fingerprint density at radius 1 is 1.00 bits per heavy atom. The number of aryl methyl sites for hydroxylation is 2. The van der Waals surface area contributed by atoms with Crippen LogP contribution in [0.4, 0.5) is 5.69 Å². The molecule has 0 aliphatic carbocycles. The van der Waals surface area contributed by atoms with Crippen molar-refractivity contribution in [2.75, 3.05) is 25.5 Å². The van der Waals surface area contributed by atoms with Crippen molar-refractivity contribution >= 4 is 23.4 Å². The van der Waals surface area contributed by atoms with Gasteiger partial charge in [0.1, 0.15) is 5.75 Å². The van der Waals surface area contributed by atoms with Crippen LogP contribution in [0.15, 0.2) is 42.5 Å². The van der Waals surface area contributed by atoms with Gasteiger partial charge in [-0.15, -0.1) is 0 Å². The summed E-state index contributed by atoms with van der Waals surface area (Å²) in [4.78, 5) is 37.6. The molecule has 7 heteroatoms. The number of hydrogen-bond donors (Lipinski definition) is 3. The molecule has 0 aliphatic heterocycles. The molecule has 142 valence electrons. The molecule has 3 amide bonds. The number of amides is 3. The highest BCUT2D eigenvalue weighted by Crippen LogP contribution is 2.19. The Bertz CT molecular complexity index is 827. The van der Waals surface area contributed by atoms with Crippen molar-refractivity contribution in [3.8, 4) is 5.75 Å². The van der Waals surface area contributed by atoms with Crippen LogP contribution in [0, 0.1) is 13.8 Å². The Morgan fingerprint density at radius 3 is 2.19 bits per heavy atom. The molecule has 0 fully saturated rings. The number of nitrogens with zero attached hydrogens (tertiary/aromatic N) is 1. The minimum Gasteiger partial charge on any atom is -0.508 e. The lowest BCUT2D eigenvalue weighted by Gasteiger charge is -2.18. The minimum atomic E-state index is -0.434. The Labute approximate surface area is 158 Å². The Balaban J connectivity index is 1.85. The first-order valence-electron chi connectivity index (χ1n) is 8.45. The van der Waals surface area contributed by atoms with Gasteiger partial charge in [0.05, 0.1) is 13.1 Å². The molecule has 0 bridgehead atoms. The number of likely N-dealkylation sites (N-methyl/N-ethyl adjacent to an activating group) is 1. The summed E-state index contributed by atoms with van der Waals surface area (Å²) >= 11 is 0. The van der Waals surface area contributed by atoms with Gasteiger partial charge in [0.25, 0.3) is 5.91 Å². The molecule has 0 spiro atoms. The van der Waals surface area contributed by atoms with Crippen molar-refractivity contribution in [2.45, 2.75) is 13.8 Å². The molecular formula is C20H23N3O4. The van der Waals surface area contributed by atoms with E-state index >= 15 is 0 Å². The smallest absolute Gasteiger partial charge is 0.251 e. The van der Waals surface area contributed by atoms with Crippen LogP contribution in [0.3, 0.4) is 0 Å². The van der Waals surface area contributed by atoms with Crippen molar-refractivity contribution in [2.24, 2.45) is 0 Å². The minimum absolute atomic E-state index is 0.0530. The van der Waals surface area contributed by atoms with Crippen LogP contribution in [0.1, 0.15) is 21.5 Å². The quantitative estimate of drug-likeness (QED) is 0.723. The molecule has 3 N–H and O–H groups in total. The number of anilines is 1. The second-order valence-electron chi connectivity index (χ2n) is 6.29. The van der Waals surface area contributed by atoms with E-state index in [-0.39, 0.29) is 24.7 Å². The van der Waals surface area contributed by atoms with Crippen molar-refractivity contribution in [3.63, 3.8) is 0 Å². The fourth-order valence-corrected chi connectivity index (χ4v) is 2.50. The molecule has 0 radical (unpaired) electrons. The molecule has 2 aromatic carbocycles. The molecule has 0 aliphatic rings. The van der Waals surface area contributed by atoms with Gasteiger partial charge in [0.2, 0.25) is 11.8 Å². The van der Waals surface area contributed by atoms with Gasteiger partial charge in [-0.1, -0.05) is 18.2 Å². The van der Waals surface area contributed by atoms with Crippen LogP contribution in [-0.2, 0) is 9.59 Å². The highest BCUT2D eigenvalue weighted by Gasteiger charge is 2.15. The molecule has 27 heavy (non-hydrogen) atoms. The molecule has 0 saturated carbocycles. The number of nitrogens with one attached hydrogen (secondary N) is 2. The fourth-order valence-electron chi connectivity index (χ4n) is 2.50. The highest BCUT2D eigenvalue weighted by atomic mass is 16.3. The Kier molecular flexibility index (Phi) is 6.54. The van der Waals surface area contributed by atoms with Crippen LogP contribution < -0.4 is 10.6 Å². The van der Waals surface area contributed by atoms with Gasteiger partial charge in [-0.05, 0) is 49.2 Å². The van der Waals surface area contributed by atoms with E-state index < -0.39 is 11.8 Å². The third-order valence-electron chi connectivity index (χ3n) is 4.08. The van der Waals surface area contributed by atoms with Crippen LogP contribution in [0.5, 0.6) is 5.75 Å². The number of aromatic hydroxyl groups is 1. The average Bonchev–Trinajstić information content (AvgIpc) is 2.63. The van der Waals surface area contributed by atoms with Crippen LogP contribution in [-0.4, -0.2) is 47.9 Å². The lowest BCUT2D eigenvalue weighted by Crippen LogP contribution is -2.41. The lowest BCUT2D eigenvalue weighted by molar-refractivity contribution is -0.132. The van der Waals surface area contributed by atoms with Crippen LogP contribution in [0.25, 0.3) is 0 Å². The molecule has 2 aromatic rings. The number of hydrogen-bond acceptors (Lipinski definition) is 4. The van der Waals surface area contributed by atoms with E-state index in [1.807, 2.05) is 32.0 Å². The van der Waals surface area contributed by atoms with Crippen molar-refractivity contribution in [1.82, 2.24) is 10.2 Å². The summed E-state index contributed by atoms with van der Waals surface area (Å²) in [6.07, 6.45) is 0. The number of phenols is 1. The molecule has 7 nitrogen and oxygen atoms in total. The first-order valence-corrected chi connectivity index (χ1v) is 8.45. The number of para-hydroxylation sites is 1. The van der Waals surface area contributed by atoms with E-state index in [0.29, 0.717) is 5.56 Å². The zero-order chi connectivity index (χ0) is 20.0. The maximum absolute atomic E-state index is 12.2. The Hall–Kier alpha value is -3.35. The summed E-state index contributed by atoms with van der Waals surface area (Å²) in [7, 11) is 1.50. The number of rotatable bonds is 6. The summed E-state index contributed by atoms with van der Waals surface area (Å²) < 4.78 is 0. The van der Waals surface area contributed by atoms with Gasteiger partial charge >= 0.3 is 0 Å². The van der Waals surface area contributed by atoms with Gasteiger partial charge in [-0.25, -0.2) is 0 Å². The van der Waals surface area contributed by atoms with Crippen molar-refractivity contribution < 1.29 is 19.5 Å². The van der Waals surface area contributed by atoms with Gasteiger partial charge in [-0.3, -0.25) is 14.4 Å². The van der Waals surface area contributed by atoms with E-state index in [9.17, 15) is 19.5 Å². The topological polar surface area (TPSA) is 98.7 Å². The fraction of sp³-hybridized carbons (Fsp3) is 0.250. The van der Waals surface area contributed by atoms with Gasteiger partial charge in [0.15, 0.2) is 0 Å². The summed E-state index contributed by atoms with van der Waals surface area (Å²) in [5.41, 5.74) is 2.96. The normalized spacial score (nSPS) is 10.2. The molecule has 0 unspecified atom stereocenters. The molecule has 0 saturated heterocycles. The number of phenolic OH excluding ortho intramolecular Hbond substituents is 1. The number of carbonyl (C=O) groups excluding carboxylic acids is 3. The second kappa shape index (κ2) is 8.84. The van der Waals surface area contributed by atoms with Crippen LogP contribution >= 0.6 is 0 Å². The maximum Gasteiger partial charge on any atom is 0.251 e. The van der Waals surface area contributed by atoms with Gasteiger partial charge in [-0.2, -0.15) is 0 Å². The molecule has 0 aromatic heterocycles. The third kappa shape index (κ3) is 5.57. The second-order valence-corrected chi connectivity index (χ2v) is 6.29. The third-order valence-corrected chi connectivity index (χ3v) is 4.08. The van der Waals surface area contributed by atoms with Gasteiger partial charge in [0, 0.05) is 18.3 Å². The number of benzene rings is 2. The van der Waals surface area contributed by atoms with E-state index in [1.54, 1.807) is 0 Å². The predicted octanol–water partition coefficient (Wildman–Crippen LogP) is 1.84. The van der Waals surface area contributed by atoms with Crippen molar-refractivity contribution in [3.05, 3.63) is 59.2 Å². The average molecular weight is 369 g/mol. The van der Waals surface area contributed by atoms with Crippen LogP contribution in [0.2, 0.25) is 0 Å². The highest BCUT2D eigenvalue weighted by molar-refractivity contribution is 5.98. The predicted molar refractivity (Wildman–Crippen MR) is 103 cm³/mol. The Morgan fingerprint density at radius 2 is 1.59 bits per heavy atom. The number of carbonyl (C=O) groups is 3. The van der Waals surface area contributed by atoms with Crippen molar-refractivity contribution in [1.29, 1.82) is 0 Å². The summed E-state index contributed by atoms with van der Waals surface area (Å²) in [6, 6.07) is 11.4. The standard InChI is InChI=1S/C20H23N3O4/c1-13-5-4-6-14(2)19(13)22-17(25)12-23(3)18(26)11-21-20(27)15-7-9-16(24)10-8-15/h4-10,24H,11-12H2,1-3H3,(H,21,27)(H,22,25). The van der Waals surface area contributed by atoms with E-state index in [2.05, 4.69) is 10.6 Å². The molecular weight excluding hydrogens is 346 g/mol.